The van der Waals surface area contributed by atoms with Gasteiger partial charge in [-0.05, 0) is 42.8 Å². The van der Waals surface area contributed by atoms with Gasteiger partial charge in [-0.15, -0.1) is 0 Å². The average molecular weight is 266 g/mol. The molecule has 0 bridgehead atoms. The van der Waals surface area contributed by atoms with Crippen LogP contribution < -0.4 is 4.18 Å². The minimum absolute atomic E-state index is 0.0620. The van der Waals surface area contributed by atoms with Gasteiger partial charge in [0.25, 0.3) is 0 Å². The van der Waals surface area contributed by atoms with Crippen LogP contribution in [0.5, 0.6) is 5.75 Å². The second-order valence-corrected chi connectivity index (χ2v) is 5.31. The van der Waals surface area contributed by atoms with Crippen molar-refractivity contribution in [1.82, 2.24) is 0 Å². The Hall–Kier alpha value is -1.88. The van der Waals surface area contributed by atoms with Crippen LogP contribution in [0.2, 0.25) is 0 Å². The van der Waals surface area contributed by atoms with Gasteiger partial charge in [-0.1, -0.05) is 18.2 Å². The molecule has 2 rings (SSSR count). The Morgan fingerprint density at radius 3 is 2.33 bits per heavy atom. The van der Waals surface area contributed by atoms with Gasteiger partial charge < -0.3 is 4.18 Å². The maximum absolute atomic E-state index is 13.0. The third-order valence-electron chi connectivity index (χ3n) is 2.37. The zero-order valence-corrected chi connectivity index (χ0v) is 10.4. The molecule has 0 saturated heterocycles. The summed E-state index contributed by atoms with van der Waals surface area (Å²) in [4.78, 5) is 0.0620. The molecule has 2 aromatic carbocycles. The molecule has 0 aliphatic rings. The average Bonchev–Trinajstić information content (AvgIpc) is 2.35. The molecule has 18 heavy (non-hydrogen) atoms. The smallest absolute Gasteiger partial charge is 0.339 e. The lowest BCUT2D eigenvalue weighted by molar-refractivity contribution is 0.484. The Labute approximate surface area is 105 Å². The van der Waals surface area contributed by atoms with E-state index in [2.05, 4.69) is 0 Å². The molecular formula is C13H11FO3S. The number of hydrogen-bond acceptors (Lipinski definition) is 3. The van der Waals surface area contributed by atoms with Crippen molar-refractivity contribution in [2.24, 2.45) is 0 Å². The fourth-order valence-electron chi connectivity index (χ4n) is 1.43. The molecule has 0 unspecified atom stereocenters. The lowest BCUT2D eigenvalue weighted by atomic mass is 10.2. The van der Waals surface area contributed by atoms with E-state index >= 15 is 0 Å². The lowest BCUT2D eigenvalue weighted by Crippen LogP contribution is -2.09. The van der Waals surface area contributed by atoms with E-state index < -0.39 is 15.9 Å². The summed E-state index contributed by atoms with van der Waals surface area (Å²) in [7, 11) is -3.87. The zero-order chi connectivity index (χ0) is 13.2. The number of hydrogen-bond donors (Lipinski definition) is 0. The second kappa shape index (κ2) is 4.78. The van der Waals surface area contributed by atoms with E-state index in [4.69, 9.17) is 4.18 Å². The fraction of sp³-hybridized carbons (Fsp3) is 0.0769. The molecule has 0 amide bonds. The van der Waals surface area contributed by atoms with Gasteiger partial charge in [0.15, 0.2) is 0 Å². The Morgan fingerprint density at radius 2 is 1.72 bits per heavy atom. The van der Waals surface area contributed by atoms with E-state index in [9.17, 15) is 12.8 Å². The van der Waals surface area contributed by atoms with E-state index in [1.807, 2.05) is 0 Å². The van der Waals surface area contributed by atoms with Gasteiger partial charge in [0.1, 0.15) is 16.5 Å². The van der Waals surface area contributed by atoms with Crippen molar-refractivity contribution in [3.63, 3.8) is 0 Å². The summed E-state index contributed by atoms with van der Waals surface area (Å²) in [6.07, 6.45) is 0. The highest BCUT2D eigenvalue weighted by Gasteiger charge is 2.16. The topological polar surface area (TPSA) is 43.4 Å². The van der Waals surface area contributed by atoms with E-state index in [-0.39, 0.29) is 10.6 Å². The van der Waals surface area contributed by atoms with Gasteiger partial charge in [0.05, 0.1) is 0 Å². The molecule has 2 aromatic rings. The van der Waals surface area contributed by atoms with Crippen LogP contribution in [-0.2, 0) is 10.1 Å². The maximum Gasteiger partial charge on any atom is 0.339 e. The number of benzene rings is 2. The molecule has 0 heterocycles. The Balaban J connectivity index is 2.31. The predicted molar refractivity (Wildman–Crippen MR) is 65.4 cm³/mol. The van der Waals surface area contributed by atoms with E-state index in [0.717, 1.165) is 0 Å². The molecule has 0 aliphatic heterocycles. The standard InChI is InChI=1S/C13H11FO3S/c1-10-9-11(7-8-13(10)14)17-18(15,16)12-5-3-2-4-6-12/h2-9H,1H3. The molecule has 0 aromatic heterocycles. The minimum atomic E-state index is -3.87. The SMILES string of the molecule is Cc1cc(OS(=O)(=O)c2ccccc2)ccc1F. The van der Waals surface area contributed by atoms with Crippen molar-refractivity contribution < 1.29 is 17.0 Å². The molecule has 5 heteroatoms. The van der Waals surface area contributed by atoms with Crippen LogP contribution >= 0.6 is 0 Å². The molecule has 0 saturated carbocycles. The van der Waals surface area contributed by atoms with Crippen molar-refractivity contribution in [3.05, 3.63) is 59.9 Å². The second-order valence-electron chi connectivity index (χ2n) is 3.76. The molecule has 0 N–H and O–H groups in total. The molecule has 0 spiro atoms. The summed E-state index contributed by atoms with van der Waals surface area (Å²) in [6, 6.07) is 11.6. The summed E-state index contributed by atoms with van der Waals surface area (Å²) in [5.41, 5.74) is 0.329. The highest BCUT2D eigenvalue weighted by Crippen LogP contribution is 2.20. The molecule has 3 nitrogen and oxygen atoms in total. The first-order valence-electron chi connectivity index (χ1n) is 5.25. The van der Waals surface area contributed by atoms with Crippen LogP contribution in [0.1, 0.15) is 5.56 Å². The Bertz CT molecular complexity index is 651. The van der Waals surface area contributed by atoms with Gasteiger partial charge in [0, 0.05) is 0 Å². The van der Waals surface area contributed by atoms with E-state index in [1.165, 1.54) is 37.3 Å². The van der Waals surface area contributed by atoms with Gasteiger partial charge >= 0.3 is 10.1 Å². The molecule has 0 radical (unpaired) electrons. The Kier molecular flexibility index (Phi) is 3.34. The molecule has 0 atom stereocenters. The number of halogens is 1. The fourth-order valence-corrected chi connectivity index (χ4v) is 2.37. The minimum Gasteiger partial charge on any atom is -0.379 e. The Morgan fingerprint density at radius 1 is 1.06 bits per heavy atom. The third kappa shape index (κ3) is 2.68. The largest absolute Gasteiger partial charge is 0.379 e. The first kappa shape index (κ1) is 12.6. The summed E-state index contributed by atoms with van der Waals surface area (Å²) >= 11 is 0. The van der Waals surface area contributed by atoms with Crippen molar-refractivity contribution in [3.8, 4) is 5.75 Å². The number of rotatable bonds is 3. The highest BCUT2D eigenvalue weighted by atomic mass is 32.2. The van der Waals surface area contributed by atoms with Crippen LogP contribution in [0.15, 0.2) is 53.4 Å². The van der Waals surface area contributed by atoms with Crippen molar-refractivity contribution >= 4 is 10.1 Å². The first-order chi connectivity index (χ1) is 8.49. The molecule has 0 fully saturated rings. The monoisotopic (exact) mass is 266 g/mol. The zero-order valence-electron chi connectivity index (χ0n) is 9.63. The van der Waals surface area contributed by atoms with E-state index in [0.29, 0.717) is 5.56 Å². The van der Waals surface area contributed by atoms with Crippen molar-refractivity contribution in [2.75, 3.05) is 0 Å². The number of aryl methyl sites for hydroxylation is 1. The summed E-state index contributed by atoms with van der Waals surface area (Å²) in [6.45, 7) is 1.54. The van der Waals surface area contributed by atoms with Crippen LogP contribution in [-0.4, -0.2) is 8.42 Å². The van der Waals surface area contributed by atoms with Gasteiger partial charge in [-0.2, -0.15) is 8.42 Å². The maximum atomic E-state index is 13.0. The van der Waals surface area contributed by atoms with Crippen LogP contribution in [0.4, 0.5) is 4.39 Å². The summed E-state index contributed by atoms with van der Waals surface area (Å²) in [5.74, 6) is -0.308. The van der Waals surface area contributed by atoms with Gasteiger partial charge in [0.2, 0.25) is 0 Å². The molecule has 0 aliphatic carbocycles. The first-order valence-corrected chi connectivity index (χ1v) is 6.65. The summed E-state index contributed by atoms with van der Waals surface area (Å²) < 4.78 is 41.7. The van der Waals surface area contributed by atoms with Crippen molar-refractivity contribution in [2.45, 2.75) is 11.8 Å². The summed E-state index contributed by atoms with van der Waals surface area (Å²) in [5, 5.41) is 0. The van der Waals surface area contributed by atoms with E-state index in [1.54, 1.807) is 18.2 Å². The quantitative estimate of drug-likeness (QED) is 0.802. The van der Waals surface area contributed by atoms with Crippen LogP contribution in [0.3, 0.4) is 0 Å². The van der Waals surface area contributed by atoms with Gasteiger partial charge in [-0.25, -0.2) is 4.39 Å². The molecule has 94 valence electrons. The lowest BCUT2D eigenvalue weighted by Gasteiger charge is -2.07. The molecular weight excluding hydrogens is 255 g/mol. The van der Waals surface area contributed by atoms with Gasteiger partial charge in [-0.3, -0.25) is 0 Å². The van der Waals surface area contributed by atoms with Crippen LogP contribution in [0, 0.1) is 12.7 Å². The third-order valence-corrected chi connectivity index (χ3v) is 3.63. The normalized spacial score (nSPS) is 11.2. The predicted octanol–water partition coefficient (Wildman–Crippen LogP) is 2.90. The van der Waals surface area contributed by atoms with Crippen LogP contribution in [0.25, 0.3) is 0 Å². The van der Waals surface area contributed by atoms with Crippen molar-refractivity contribution in [1.29, 1.82) is 0 Å². The highest BCUT2D eigenvalue weighted by molar-refractivity contribution is 7.87.